The number of ether oxygens (including phenoxy) is 1. The lowest BCUT2D eigenvalue weighted by atomic mass is 10.3. The molecule has 0 bridgehead atoms. The molecule has 1 aliphatic heterocycles. The van der Waals surface area contributed by atoms with Crippen molar-refractivity contribution in [3.63, 3.8) is 0 Å². The van der Waals surface area contributed by atoms with Crippen LogP contribution in [0.5, 0.6) is 0 Å². The number of nitrogens with zero attached hydrogens (tertiary/aromatic N) is 1. The molecule has 8 heteroatoms. The van der Waals surface area contributed by atoms with Gasteiger partial charge in [-0.05, 0) is 12.8 Å². The van der Waals surface area contributed by atoms with Gasteiger partial charge in [-0.25, -0.2) is 9.52 Å². The Bertz CT molecular complexity index is 332. The molecule has 1 heterocycles. The Labute approximate surface area is 93.7 Å². The van der Waals surface area contributed by atoms with Crippen LogP contribution in [0, 0.1) is 0 Å². The van der Waals surface area contributed by atoms with Gasteiger partial charge in [0.25, 0.3) is 0 Å². The van der Waals surface area contributed by atoms with E-state index >= 15 is 0 Å². The van der Waals surface area contributed by atoms with Crippen LogP contribution in [0.15, 0.2) is 0 Å². The van der Waals surface area contributed by atoms with E-state index < -0.39 is 16.3 Å². The molecule has 0 radical (unpaired) electrons. The topological polar surface area (TPSA) is 75.7 Å². The van der Waals surface area contributed by atoms with Crippen molar-refractivity contribution >= 4 is 27.9 Å². The Balaban J connectivity index is 2.72. The zero-order valence-corrected chi connectivity index (χ0v) is 9.84. The SMILES string of the molecule is COC(=O)NS(=O)(=O)N1CCCC1CCl. The average molecular weight is 257 g/mol. The van der Waals surface area contributed by atoms with Crippen molar-refractivity contribution in [2.75, 3.05) is 19.5 Å². The van der Waals surface area contributed by atoms with Crippen LogP contribution < -0.4 is 4.72 Å². The fraction of sp³-hybridized carbons (Fsp3) is 0.857. The third-order valence-corrected chi connectivity index (χ3v) is 4.09. The molecular weight excluding hydrogens is 244 g/mol. The summed E-state index contributed by atoms with van der Waals surface area (Å²) in [5.74, 6) is 0.224. The first-order valence-electron chi connectivity index (χ1n) is 4.44. The fourth-order valence-electron chi connectivity index (χ4n) is 1.49. The fourth-order valence-corrected chi connectivity index (χ4v) is 3.24. The average Bonchev–Trinajstić information content (AvgIpc) is 2.65. The van der Waals surface area contributed by atoms with Gasteiger partial charge in [-0.3, -0.25) is 0 Å². The molecule has 1 N–H and O–H groups in total. The molecule has 0 spiro atoms. The van der Waals surface area contributed by atoms with E-state index in [9.17, 15) is 13.2 Å². The van der Waals surface area contributed by atoms with E-state index in [0.29, 0.717) is 13.0 Å². The highest BCUT2D eigenvalue weighted by Gasteiger charge is 2.34. The summed E-state index contributed by atoms with van der Waals surface area (Å²) in [5.41, 5.74) is 0. The Hall–Kier alpha value is -0.530. The summed E-state index contributed by atoms with van der Waals surface area (Å²) in [6.07, 6.45) is 0.473. The molecular formula is C7H13ClN2O4S. The standard InChI is InChI=1S/C7H13ClN2O4S/c1-14-7(11)9-15(12,13)10-4-2-3-6(10)5-8/h6H,2-5H2,1H3,(H,9,11). The van der Waals surface area contributed by atoms with Crippen molar-refractivity contribution in [1.29, 1.82) is 0 Å². The van der Waals surface area contributed by atoms with Crippen LogP contribution in [0.1, 0.15) is 12.8 Å². The highest BCUT2D eigenvalue weighted by atomic mass is 35.5. The zero-order valence-electron chi connectivity index (χ0n) is 8.27. The van der Waals surface area contributed by atoms with Crippen LogP contribution in [0.2, 0.25) is 0 Å². The Morgan fingerprint density at radius 3 is 2.87 bits per heavy atom. The number of methoxy groups -OCH3 is 1. The van der Waals surface area contributed by atoms with Crippen molar-refractivity contribution < 1.29 is 17.9 Å². The minimum Gasteiger partial charge on any atom is -0.452 e. The minimum absolute atomic E-state index is 0.224. The molecule has 88 valence electrons. The van der Waals surface area contributed by atoms with Crippen molar-refractivity contribution in [3.05, 3.63) is 0 Å². The first-order chi connectivity index (χ1) is 7.01. The van der Waals surface area contributed by atoms with Gasteiger partial charge < -0.3 is 4.74 Å². The van der Waals surface area contributed by atoms with E-state index in [-0.39, 0.29) is 11.9 Å². The summed E-state index contributed by atoms with van der Waals surface area (Å²) in [6, 6.07) is -0.242. The Kier molecular flexibility index (Phi) is 4.18. The quantitative estimate of drug-likeness (QED) is 0.737. The molecule has 0 aromatic heterocycles. The van der Waals surface area contributed by atoms with Crippen molar-refractivity contribution in [2.24, 2.45) is 0 Å². The van der Waals surface area contributed by atoms with Crippen LogP contribution in [-0.4, -0.2) is 44.4 Å². The molecule has 1 unspecified atom stereocenters. The summed E-state index contributed by atoms with van der Waals surface area (Å²) < 4.78 is 30.5. The Morgan fingerprint density at radius 1 is 1.67 bits per heavy atom. The molecule has 0 aromatic carbocycles. The number of carbonyl (C=O) groups is 1. The summed E-state index contributed by atoms with van der Waals surface area (Å²) in [4.78, 5) is 10.8. The van der Waals surface area contributed by atoms with Gasteiger partial charge in [0, 0.05) is 18.5 Å². The van der Waals surface area contributed by atoms with E-state index in [0.717, 1.165) is 13.5 Å². The van der Waals surface area contributed by atoms with Gasteiger partial charge in [-0.2, -0.15) is 12.7 Å². The van der Waals surface area contributed by atoms with Gasteiger partial charge in [0.1, 0.15) is 0 Å². The van der Waals surface area contributed by atoms with E-state index in [1.165, 1.54) is 4.31 Å². The summed E-state index contributed by atoms with van der Waals surface area (Å²) in [5, 5.41) is 0. The molecule has 15 heavy (non-hydrogen) atoms. The van der Waals surface area contributed by atoms with Crippen molar-refractivity contribution in [2.45, 2.75) is 18.9 Å². The van der Waals surface area contributed by atoms with Gasteiger partial charge in [-0.15, -0.1) is 11.6 Å². The highest BCUT2D eigenvalue weighted by Crippen LogP contribution is 2.20. The van der Waals surface area contributed by atoms with E-state index in [4.69, 9.17) is 11.6 Å². The third kappa shape index (κ3) is 2.96. The van der Waals surface area contributed by atoms with E-state index in [1.807, 2.05) is 0 Å². The van der Waals surface area contributed by atoms with Gasteiger partial charge in [0.15, 0.2) is 0 Å². The number of halogens is 1. The lowest BCUT2D eigenvalue weighted by Gasteiger charge is -2.21. The number of alkyl halides is 1. The lowest BCUT2D eigenvalue weighted by molar-refractivity contribution is 0.177. The lowest BCUT2D eigenvalue weighted by Crippen LogP contribution is -2.46. The molecule has 1 atom stereocenters. The molecule has 6 nitrogen and oxygen atoms in total. The third-order valence-electron chi connectivity index (χ3n) is 2.21. The number of carbonyl (C=O) groups excluding carboxylic acids is 1. The smallest absolute Gasteiger partial charge is 0.421 e. The second-order valence-electron chi connectivity index (χ2n) is 3.16. The van der Waals surface area contributed by atoms with Crippen LogP contribution in [-0.2, 0) is 14.9 Å². The molecule has 1 aliphatic rings. The van der Waals surface area contributed by atoms with Gasteiger partial charge in [-0.1, -0.05) is 0 Å². The normalized spacial score (nSPS) is 22.7. The van der Waals surface area contributed by atoms with E-state index in [2.05, 4.69) is 4.74 Å². The maximum atomic E-state index is 11.6. The predicted octanol–water partition coefficient (Wildman–Crippen LogP) is 0.290. The highest BCUT2D eigenvalue weighted by molar-refractivity contribution is 7.87. The van der Waals surface area contributed by atoms with Crippen molar-refractivity contribution in [1.82, 2.24) is 9.03 Å². The molecule has 1 amide bonds. The second-order valence-corrected chi connectivity index (χ2v) is 5.09. The van der Waals surface area contributed by atoms with Gasteiger partial charge in [0.05, 0.1) is 7.11 Å². The van der Waals surface area contributed by atoms with Gasteiger partial charge >= 0.3 is 16.3 Å². The molecule has 0 aromatic rings. The first kappa shape index (κ1) is 12.5. The second kappa shape index (κ2) is 5.00. The number of hydrogen-bond donors (Lipinski definition) is 1. The Morgan fingerprint density at radius 2 is 2.33 bits per heavy atom. The zero-order chi connectivity index (χ0) is 11.5. The molecule has 0 saturated carbocycles. The molecule has 1 fully saturated rings. The predicted molar refractivity (Wildman–Crippen MR) is 54.9 cm³/mol. The maximum Gasteiger partial charge on any atom is 0.421 e. The number of hydrogen-bond acceptors (Lipinski definition) is 4. The van der Waals surface area contributed by atoms with Crippen LogP contribution in [0.4, 0.5) is 4.79 Å². The molecule has 0 aliphatic carbocycles. The van der Waals surface area contributed by atoms with Gasteiger partial charge in [0.2, 0.25) is 0 Å². The number of amides is 1. The van der Waals surface area contributed by atoms with Crippen LogP contribution in [0.25, 0.3) is 0 Å². The molecule has 1 saturated heterocycles. The summed E-state index contributed by atoms with van der Waals surface area (Å²) in [7, 11) is -2.70. The number of rotatable bonds is 3. The van der Waals surface area contributed by atoms with Crippen LogP contribution >= 0.6 is 11.6 Å². The van der Waals surface area contributed by atoms with Crippen molar-refractivity contribution in [3.8, 4) is 0 Å². The largest absolute Gasteiger partial charge is 0.452 e. The minimum atomic E-state index is -3.81. The summed E-state index contributed by atoms with van der Waals surface area (Å²) in [6.45, 7) is 0.379. The molecule has 1 rings (SSSR count). The van der Waals surface area contributed by atoms with E-state index in [1.54, 1.807) is 4.72 Å². The monoisotopic (exact) mass is 256 g/mol. The number of nitrogens with one attached hydrogen (secondary N) is 1. The van der Waals surface area contributed by atoms with Crippen LogP contribution in [0.3, 0.4) is 0 Å². The first-order valence-corrected chi connectivity index (χ1v) is 6.42. The summed E-state index contributed by atoms with van der Waals surface area (Å²) >= 11 is 5.63. The maximum absolute atomic E-state index is 11.6.